The minimum Gasteiger partial charge on any atom is -0.478 e. The first-order valence-corrected chi connectivity index (χ1v) is 13.4. The molecule has 0 spiro atoms. The van der Waals surface area contributed by atoms with E-state index in [1.165, 1.54) is 23.1 Å². The number of thiophene rings is 1. The maximum atomic E-state index is 12.9. The van der Waals surface area contributed by atoms with Gasteiger partial charge in [0.05, 0.1) is 27.5 Å². The molecule has 4 rings (SSSR count). The molecule has 2 aromatic carbocycles. The van der Waals surface area contributed by atoms with Crippen molar-refractivity contribution in [2.24, 2.45) is 0 Å². The number of benzene rings is 2. The van der Waals surface area contributed by atoms with Gasteiger partial charge in [0.25, 0.3) is 5.91 Å². The van der Waals surface area contributed by atoms with Gasteiger partial charge in [-0.1, -0.05) is 6.07 Å². The number of carbonyl (C=O) groups excluding carboxylic acids is 2. The number of aromatic carboxylic acids is 2. The van der Waals surface area contributed by atoms with Crippen molar-refractivity contribution in [3.63, 3.8) is 0 Å². The van der Waals surface area contributed by atoms with E-state index in [0.717, 1.165) is 54.3 Å². The van der Waals surface area contributed by atoms with Gasteiger partial charge in [0.15, 0.2) is 0 Å². The molecule has 0 fully saturated rings. The van der Waals surface area contributed by atoms with Gasteiger partial charge in [-0.15, -0.1) is 23.1 Å². The van der Waals surface area contributed by atoms with Gasteiger partial charge in [-0.05, 0) is 74.6 Å². The molecule has 0 saturated carbocycles. The summed E-state index contributed by atoms with van der Waals surface area (Å²) in [5.74, 6) is -3.68. The third-order valence-corrected chi connectivity index (χ3v) is 8.34. The van der Waals surface area contributed by atoms with Gasteiger partial charge < -0.3 is 20.8 Å². The van der Waals surface area contributed by atoms with Crippen molar-refractivity contribution >= 4 is 57.5 Å². The first kappa shape index (κ1) is 26.9. The van der Waals surface area contributed by atoms with Crippen LogP contribution in [0.3, 0.4) is 0 Å². The van der Waals surface area contributed by atoms with Crippen LogP contribution in [0.2, 0.25) is 0 Å². The van der Waals surface area contributed by atoms with Crippen LogP contribution in [0.1, 0.15) is 66.8 Å². The van der Waals surface area contributed by atoms with Gasteiger partial charge in [-0.25, -0.2) is 9.59 Å². The number of rotatable bonds is 8. The number of hydrogen-bond acceptors (Lipinski definition) is 7. The van der Waals surface area contributed by atoms with Crippen LogP contribution >= 0.6 is 23.1 Å². The molecule has 0 radical (unpaired) electrons. The highest BCUT2D eigenvalue weighted by atomic mass is 32.2. The summed E-state index contributed by atoms with van der Waals surface area (Å²) in [5.41, 5.74) is 1.13. The maximum absolute atomic E-state index is 12.9. The summed E-state index contributed by atoms with van der Waals surface area (Å²) in [4.78, 5) is 50.3. The van der Waals surface area contributed by atoms with Crippen molar-refractivity contribution in [1.29, 1.82) is 5.26 Å². The highest BCUT2D eigenvalue weighted by Crippen LogP contribution is 2.38. The number of nitriles is 1. The SMILES string of the molecule is CC(Sc1cccc(NC(=O)c2ccc(C(=O)O)cc2C(=O)O)c1)C(=O)Nc1sc2c(c1C#N)CCCC2. The number of nitrogens with one attached hydrogen (secondary N) is 2. The molecule has 9 nitrogen and oxygen atoms in total. The molecule has 1 unspecified atom stereocenters. The lowest BCUT2D eigenvalue weighted by molar-refractivity contribution is -0.115. The molecule has 1 aromatic heterocycles. The summed E-state index contributed by atoms with van der Waals surface area (Å²) in [6.45, 7) is 1.74. The van der Waals surface area contributed by atoms with Crippen molar-refractivity contribution in [2.45, 2.75) is 42.8 Å². The summed E-state index contributed by atoms with van der Waals surface area (Å²) < 4.78 is 0. The number of nitrogens with zero attached hydrogens (tertiary/aromatic N) is 1. The fourth-order valence-corrected chi connectivity index (χ4v) is 6.31. The Bertz CT molecular complexity index is 1490. The van der Waals surface area contributed by atoms with Crippen LogP contribution in [0.5, 0.6) is 0 Å². The third-order valence-electron chi connectivity index (χ3n) is 6.04. The number of amides is 2. The predicted molar refractivity (Wildman–Crippen MR) is 144 cm³/mol. The Morgan fingerprint density at radius 3 is 2.47 bits per heavy atom. The number of anilines is 2. The maximum Gasteiger partial charge on any atom is 0.336 e. The largest absolute Gasteiger partial charge is 0.478 e. The van der Waals surface area contributed by atoms with Crippen LogP contribution in [0.15, 0.2) is 47.4 Å². The van der Waals surface area contributed by atoms with E-state index in [1.807, 2.05) is 0 Å². The fourth-order valence-electron chi connectivity index (χ4n) is 4.14. The summed E-state index contributed by atoms with van der Waals surface area (Å²) in [6, 6.07) is 12.2. The smallest absolute Gasteiger partial charge is 0.336 e. The molecule has 1 heterocycles. The summed E-state index contributed by atoms with van der Waals surface area (Å²) in [7, 11) is 0. The molecule has 3 aromatic rings. The van der Waals surface area contributed by atoms with Gasteiger partial charge >= 0.3 is 11.9 Å². The fraction of sp³-hybridized carbons (Fsp3) is 0.222. The molecule has 0 aliphatic heterocycles. The molecule has 1 aliphatic rings. The summed E-state index contributed by atoms with van der Waals surface area (Å²) in [5, 5.41) is 33.8. The second-order valence-corrected chi connectivity index (χ2v) is 11.1. The van der Waals surface area contributed by atoms with Gasteiger partial charge in [0, 0.05) is 15.5 Å². The summed E-state index contributed by atoms with van der Waals surface area (Å²) >= 11 is 2.73. The molecule has 194 valence electrons. The van der Waals surface area contributed by atoms with Gasteiger partial charge in [-0.3, -0.25) is 9.59 Å². The molecular weight excluding hydrogens is 526 g/mol. The lowest BCUT2D eigenvalue weighted by atomic mass is 9.96. The number of carbonyl (C=O) groups is 4. The average molecular weight is 550 g/mol. The topological polar surface area (TPSA) is 157 Å². The van der Waals surface area contributed by atoms with Crippen molar-refractivity contribution in [3.8, 4) is 6.07 Å². The molecule has 11 heteroatoms. The second-order valence-electron chi connectivity index (χ2n) is 8.63. The van der Waals surface area contributed by atoms with E-state index < -0.39 is 28.7 Å². The van der Waals surface area contributed by atoms with Crippen LogP contribution < -0.4 is 10.6 Å². The lowest BCUT2D eigenvalue weighted by Gasteiger charge is -2.13. The third kappa shape index (κ3) is 5.88. The van der Waals surface area contributed by atoms with E-state index in [1.54, 1.807) is 31.2 Å². The number of carboxylic acid groups (broad SMARTS) is 2. The minimum absolute atomic E-state index is 0.180. The molecule has 2 amide bonds. The van der Waals surface area contributed by atoms with Crippen molar-refractivity contribution in [2.75, 3.05) is 10.6 Å². The Balaban J connectivity index is 1.45. The Morgan fingerprint density at radius 1 is 1.00 bits per heavy atom. The number of carboxylic acids is 2. The first-order chi connectivity index (χ1) is 18.2. The van der Waals surface area contributed by atoms with Gasteiger partial charge in [0.1, 0.15) is 11.1 Å². The average Bonchev–Trinajstić information content (AvgIpc) is 3.25. The van der Waals surface area contributed by atoms with Crippen molar-refractivity contribution in [3.05, 3.63) is 75.2 Å². The number of fused-ring (bicyclic) bond motifs is 1. The van der Waals surface area contributed by atoms with E-state index in [9.17, 15) is 29.5 Å². The second kappa shape index (κ2) is 11.5. The monoisotopic (exact) mass is 549 g/mol. The van der Waals surface area contributed by atoms with Crippen LogP contribution in [0.25, 0.3) is 0 Å². The van der Waals surface area contributed by atoms with E-state index in [0.29, 0.717) is 21.1 Å². The van der Waals surface area contributed by atoms with Crippen LogP contribution in [-0.2, 0) is 17.6 Å². The molecule has 0 saturated heterocycles. The predicted octanol–water partition coefficient (Wildman–Crippen LogP) is 5.27. The van der Waals surface area contributed by atoms with Crippen molar-refractivity contribution < 1.29 is 29.4 Å². The Morgan fingerprint density at radius 2 is 1.76 bits per heavy atom. The Kier molecular flexibility index (Phi) is 8.14. The zero-order chi connectivity index (χ0) is 27.4. The molecule has 4 N–H and O–H groups in total. The summed E-state index contributed by atoms with van der Waals surface area (Å²) in [6.07, 6.45) is 3.89. The van der Waals surface area contributed by atoms with Crippen molar-refractivity contribution in [1.82, 2.24) is 0 Å². The molecule has 38 heavy (non-hydrogen) atoms. The zero-order valence-electron chi connectivity index (χ0n) is 20.2. The first-order valence-electron chi connectivity index (χ1n) is 11.7. The van der Waals surface area contributed by atoms with E-state index in [4.69, 9.17) is 5.11 Å². The zero-order valence-corrected chi connectivity index (χ0v) is 21.9. The molecular formula is C27H23N3O6S2. The van der Waals surface area contributed by atoms with Crippen LogP contribution in [0, 0.1) is 11.3 Å². The minimum atomic E-state index is -1.42. The molecule has 1 atom stereocenters. The Labute approximate surface area is 226 Å². The quantitative estimate of drug-likeness (QED) is 0.277. The lowest BCUT2D eigenvalue weighted by Crippen LogP contribution is -2.22. The highest BCUT2D eigenvalue weighted by molar-refractivity contribution is 8.00. The number of aryl methyl sites for hydroxylation is 1. The van der Waals surface area contributed by atoms with E-state index in [-0.39, 0.29) is 17.0 Å². The standard InChI is InChI=1S/C27H23N3O6S2/c1-14(23(31)30-25-21(13-28)18-7-2-3-8-22(18)38-25)37-17-6-4-5-16(12-17)29-24(32)19-10-9-15(26(33)34)11-20(19)27(35)36/h4-6,9-12,14H,2-3,7-8H2,1H3,(H,29,32)(H,30,31)(H,33,34)(H,35,36). The number of hydrogen-bond donors (Lipinski definition) is 4. The van der Waals surface area contributed by atoms with Gasteiger partial charge in [0.2, 0.25) is 5.91 Å². The van der Waals surface area contributed by atoms with E-state index >= 15 is 0 Å². The van der Waals surface area contributed by atoms with Crippen LogP contribution in [-0.4, -0.2) is 39.2 Å². The molecule has 1 aliphatic carbocycles. The highest BCUT2D eigenvalue weighted by Gasteiger charge is 2.24. The number of thioether (sulfide) groups is 1. The normalized spacial score (nSPS) is 13.1. The molecule has 0 bridgehead atoms. The Hall–Kier alpha value is -4.14. The van der Waals surface area contributed by atoms with E-state index in [2.05, 4.69) is 16.7 Å². The van der Waals surface area contributed by atoms with Crippen LogP contribution in [0.4, 0.5) is 10.7 Å². The van der Waals surface area contributed by atoms with Gasteiger partial charge in [-0.2, -0.15) is 5.26 Å².